The lowest BCUT2D eigenvalue weighted by Crippen LogP contribution is -2.42. The number of aromatic nitrogens is 2. The number of carbonyl (C=O) groups excluding carboxylic acids is 1. The van der Waals surface area contributed by atoms with Crippen molar-refractivity contribution in [2.75, 3.05) is 5.32 Å². The molecule has 2 amide bonds. The fourth-order valence-corrected chi connectivity index (χ4v) is 3.99. The maximum atomic E-state index is 13.2. The molecule has 1 aliphatic heterocycles. The summed E-state index contributed by atoms with van der Waals surface area (Å²) in [6, 6.07) is 30.0. The van der Waals surface area contributed by atoms with Gasteiger partial charge in [-0.1, -0.05) is 91.0 Å². The summed E-state index contributed by atoms with van der Waals surface area (Å²) >= 11 is 0. The molecule has 1 aliphatic rings. The number of hydrogen-bond acceptors (Lipinski definition) is 2. The Bertz CT molecular complexity index is 1140. The lowest BCUT2D eigenvalue weighted by Gasteiger charge is -2.36. The molecule has 30 heavy (non-hydrogen) atoms. The van der Waals surface area contributed by atoms with Gasteiger partial charge in [0.1, 0.15) is 17.6 Å². The molecule has 1 aromatic heterocycles. The summed E-state index contributed by atoms with van der Waals surface area (Å²) in [5, 5.41) is 3.09. The molecule has 5 heteroatoms. The van der Waals surface area contributed by atoms with E-state index in [9.17, 15) is 4.79 Å². The van der Waals surface area contributed by atoms with Crippen LogP contribution in [0.1, 0.15) is 28.4 Å². The Labute approximate surface area is 175 Å². The van der Waals surface area contributed by atoms with Crippen molar-refractivity contribution in [3.8, 4) is 0 Å². The van der Waals surface area contributed by atoms with Gasteiger partial charge in [0.2, 0.25) is 0 Å². The van der Waals surface area contributed by atoms with Crippen LogP contribution >= 0.6 is 0 Å². The fraction of sp³-hybridized carbons (Fsp3) is 0.120. The second-order valence-electron chi connectivity index (χ2n) is 7.45. The maximum absolute atomic E-state index is 13.2. The zero-order valence-electron chi connectivity index (χ0n) is 16.5. The van der Waals surface area contributed by atoms with Crippen molar-refractivity contribution in [2.24, 2.45) is 0 Å². The number of nitrogens with one attached hydrogen (secondary N) is 1. The van der Waals surface area contributed by atoms with E-state index in [-0.39, 0.29) is 12.1 Å². The monoisotopic (exact) mass is 394 g/mol. The van der Waals surface area contributed by atoms with Gasteiger partial charge in [0, 0.05) is 6.54 Å². The molecule has 1 atom stereocenters. The summed E-state index contributed by atoms with van der Waals surface area (Å²) in [6.45, 7) is 1.17. The highest BCUT2D eigenvalue weighted by atomic mass is 16.2. The van der Waals surface area contributed by atoms with Gasteiger partial charge in [-0.3, -0.25) is 5.32 Å². The Balaban J connectivity index is 1.55. The highest BCUT2D eigenvalue weighted by Crippen LogP contribution is 2.37. The number of urea groups is 1. The molecule has 4 aromatic rings. The topological polar surface area (TPSA) is 50.2 Å². The Kier molecular flexibility index (Phi) is 4.77. The van der Waals surface area contributed by atoms with Crippen LogP contribution in [0.5, 0.6) is 0 Å². The average molecular weight is 394 g/mol. The molecule has 0 saturated carbocycles. The smallest absolute Gasteiger partial charge is 0.312 e. The first-order valence-electron chi connectivity index (χ1n) is 10.0. The number of carbonyl (C=O) groups is 1. The highest BCUT2D eigenvalue weighted by molar-refractivity contribution is 5.92. The van der Waals surface area contributed by atoms with Crippen molar-refractivity contribution in [1.29, 1.82) is 0 Å². The predicted molar refractivity (Wildman–Crippen MR) is 117 cm³/mol. The number of imidazole rings is 1. The van der Waals surface area contributed by atoms with Crippen molar-refractivity contribution in [3.63, 3.8) is 0 Å². The predicted octanol–water partition coefficient (Wildman–Crippen LogP) is 5.07. The molecule has 0 fully saturated rings. The van der Waals surface area contributed by atoms with Gasteiger partial charge in [-0.2, -0.15) is 0 Å². The maximum Gasteiger partial charge on any atom is 0.324 e. The second kappa shape index (κ2) is 7.87. The van der Waals surface area contributed by atoms with Gasteiger partial charge in [-0.05, 0) is 16.7 Å². The first kappa shape index (κ1) is 18.2. The van der Waals surface area contributed by atoms with Crippen LogP contribution in [-0.4, -0.2) is 20.5 Å². The van der Waals surface area contributed by atoms with E-state index in [0.29, 0.717) is 13.1 Å². The number of fused-ring (bicyclic) bond motifs is 1. The minimum atomic E-state index is -0.243. The van der Waals surface area contributed by atoms with Gasteiger partial charge in [0.05, 0.1) is 12.9 Å². The van der Waals surface area contributed by atoms with E-state index in [1.807, 2.05) is 82.5 Å². The summed E-state index contributed by atoms with van der Waals surface area (Å²) < 4.78 is 2.01. The zero-order chi connectivity index (χ0) is 20.3. The van der Waals surface area contributed by atoms with E-state index >= 15 is 0 Å². The lowest BCUT2D eigenvalue weighted by atomic mass is 9.99. The molecule has 0 spiro atoms. The van der Waals surface area contributed by atoms with Crippen molar-refractivity contribution in [1.82, 2.24) is 14.5 Å². The minimum absolute atomic E-state index is 0.116. The van der Waals surface area contributed by atoms with Crippen LogP contribution in [0.3, 0.4) is 0 Å². The molecule has 1 unspecified atom stereocenters. The van der Waals surface area contributed by atoms with Crippen LogP contribution in [0.15, 0.2) is 97.3 Å². The first-order chi connectivity index (χ1) is 14.8. The van der Waals surface area contributed by atoms with Crippen LogP contribution in [0.4, 0.5) is 10.6 Å². The molecular weight excluding hydrogens is 372 g/mol. The summed E-state index contributed by atoms with van der Waals surface area (Å²) in [7, 11) is 0. The Hall–Kier alpha value is -3.86. The molecule has 0 saturated heterocycles. The Morgan fingerprint density at radius 1 is 0.767 bits per heavy atom. The van der Waals surface area contributed by atoms with E-state index in [2.05, 4.69) is 29.6 Å². The number of rotatable bonds is 5. The largest absolute Gasteiger partial charge is 0.324 e. The summed E-state index contributed by atoms with van der Waals surface area (Å²) in [5.41, 5.74) is 4.16. The van der Waals surface area contributed by atoms with Crippen LogP contribution in [0.2, 0.25) is 0 Å². The minimum Gasteiger partial charge on any atom is -0.312 e. The quantitative estimate of drug-likeness (QED) is 0.514. The van der Waals surface area contributed by atoms with Crippen LogP contribution in [0.25, 0.3) is 0 Å². The third-order valence-corrected chi connectivity index (χ3v) is 5.43. The normalized spacial score (nSPS) is 15.5. The Morgan fingerprint density at radius 3 is 1.97 bits per heavy atom. The SMILES string of the molecule is O=C1Nc2c(ncn2Cc2ccccc2)C(c2ccccc2)N1Cc1ccccc1. The lowest BCUT2D eigenvalue weighted by molar-refractivity contribution is 0.190. The highest BCUT2D eigenvalue weighted by Gasteiger charge is 2.36. The van der Waals surface area contributed by atoms with E-state index < -0.39 is 0 Å². The number of nitrogens with zero attached hydrogens (tertiary/aromatic N) is 3. The zero-order valence-corrected chi connectivity index (χ0v) is 16.5. The molecule has 5 nitrogen and oxygen atoms in total. The molecule has 2 heterocycles. The molecule has 5 rings (SSSR count). The van der Waals surface area contributed by atoms with Gasteiger partial charge in [-0.25, -0.2) is 9.78 Å². The summed E-state index contributed by atoms with van der Waals surface area (Å²) in [6.07, 6.45) is 1.82. The molecule has 1 N–H and O–H groups in total. The molecule has 0 radical (unpaired) electrons. The third-order valence-electron chi connectivity index (χ3n) is 5.43. The third kappa shape index (κ3) is 3.46. The first-order valence-corrected chi connectivity index (χ1v) is 10.0. The van der Waals surface area contributed by atoms with Gasteiger partial charge in [0.25, 0.3) is 0 Å². The molecule has 3 aromatic carbocycles. The standard InChI is InChI=1S/C25H22N4O/c30-25-27-24-22(26-18-28(24)16-19-10-4-1-5-11-19)23(21-14-8-3-9-15-21)29(25)17-20-12-6-2-7-13-20/h1-15,18,23H,16-17H2,(H,27,30). The number of hydrogen-bond donors (Lipinski definition) is 1. The van der Waals surface area contributed by atoms with E-state index in [4.69, 9.17) is 4.98 Å². The van der Waals surface area contributed by atoms with Crippen LogP contribution in [0, 0.1) is 0 Å². The molecular formula is C25H22N4O. The number of benzene rings is 3. The van der Waals surface area contributed by atoms with Crippen molar-refractivity contribution < 1.29 is 4.79 Å². The second-order valence-corrected chi connectivity index (χ2v) is 7.45. The van der Waals surface area contributed by atoms with Gasteiger partial charge < -0.3 is 9.47 Å². The van der Waals surface area contributed by atoms with E-state index in [1.165, 1.54) is 0 Å². The molecule has 0 aliphatic carbocycles. The van der Waals surface area contributed by atoms with Crippen molar-refractivity contribution in [3.05, 3.63) is 120 Å². The summed E-state index contributed by atoms with van der Waals surface area (Å²) in [5.74, 6) is 0.766. The summed E-state index contributed by atoms with van der Waals surface area (Å²) in [4.78, 5) is 19.8. The van der Waals surface area contributed by atoms with Crippen molar-refractivity contribution >= 4 is 11.8 Å². The van der Waals surface area contributed by atoms with Crippen LogP contribution < -0.4 is 5.32 Å². The number of anilines is 1. The van der Waals surface area contributed by atoms with Crippen LogP contribution in [-0.2, 0) is 13.1 Å². The number of amides is 2. The molecule has 148 valence electrons. The van der Waals surface area contributed by atoms with Gasteiger partial charge in [0.15, 0.2) is 0 Å². The van der Waals surface area contributed by atoms with Gasteiger partial charge >= 0.3 is 6.03 Å². The van der Waals surface area contributed by atoms with Gasteiger partial charge in [-0.15, -0.1) is 0 Å². The van der Waals surface area contributed by atoms with Crippen molar-refractivity contribution in [2.45, 2.75) is 19.1 Å². The Morgan fingerprint density at radius 2 is 1.33 bits per heavy atom. The van der Waals surface area contributed by atoms with E-state index in [0.717, 1.165) is 28.2 Å². The molecule has 0 bridgehead atoms. The average Bonchev–Trinajstić information content (AvgIpc) is 3.18. The van der Waals surface area contributed by atoms with E-state index in [1.54, 1.807) is 0 Å². The fourth-order valence-electron chi connectivity index (χ4n) is 3.99.